The zero-order valence-electron chi connectivity index (χ0n) is 14.6. The van der Waals surface area contributed by atoms with Crippen LogP contribution in [0.25, 0.3) is 0 Å². The molecular formula is C18H21NO6. The molecule has 2 heterocycles. The van der Waals surface area contributed by atoms with Crippen molar-refractivity contribution in [3.63, 3.8) is 0 Å². The molecule has 0 radical (unpaired) electrons. The zero-order valence-corrected chi connectivity index (χ0v) is 14.6. The van der Waals surface area contributed by atoms with Gasteiger partial charge < -0.3 is 14.2 Å². The Labute approximate surface area is 145 Å². The Hall–Kier alpha value is -2.57. The van der Waals surface area contributed by atoms with E-state index in [0.29, 0.717) is 17.6 Å². The zero-order chi connectivity index (χ0) is 18.4. The summed E-state index contributed by atoms with van der Waals surface area (Å²) in [5.74, 6) is -1.07. The second kappa shape index (κ2) is 6.06. The van der Waals surface area contributed by atoms with E-state index in [2.05, 4.69) is 0 Å². The van der Waals surface area contributed by atoms with Crippen LogP contribution in [0, 0.1) is 5.92 Å². The highest BCUT2D eigenvalue weighted by Crippen LogP contribution is 2.39. The lowest BCUT2D eigenvalue weighted by atomic mass is 9.98. The molecule has 134 valence electrons. The Morgan fingerprint density at radius 2 is 2.08 bits per heavy atom. The highest BCUT2D eigenvalue weighted by atomic mass is 16.7. The van der Waals surface area contributed by atoms with Crippen LogP contribution in [0.15, 0.2) is 35.6 Å². The Kier molecular flexibility index (Phi) is 4.18. The maximum Gasteiger partial charge on any atom is 0.417 e. The van der Waals surface area contributed by atoms with Crippen LogP contribution in [0.2, 0.25) is 0 Å². The van der Waals surface area contributed by atoms with Crippen LogP contribution < -0.4 is 0 Å². The van der Waals surface area contributed by atoms with Gasteiger partial charge in [0.1, 0.15) is 5.60 Å². The molecular weight excluding hydrogens is 326 g/mol. The SMILES string of the molecule is CC1=CC(OC=C2C(=O)N(C(=O)OC(C)(C)C)C3C=CCC23)OC1=O. The number of likely N-dealkylation sites (tertiary alicyclic amines) is 1. The van der Waals surface area contributed by atoms with Crippen LogP contribution >= 0.6 is 0 Å². The van der Waals surface area contributed by atoms with E-state index in [-0.39, 0.29) is 12.0 Å². The Morgan fingerprint density at radius 1 is 1.36 bits per heavy atom. The number of fused-ring (bicyclic) bond motifs is 1. The fourth-order valence-electron chi connectivity index (χ4n) is 3.01. The van der Waals surface area contributed by atoms with Crippen molar-refractivity contribution in [3.05, 3.63) is 35.6 Å². The smallest absolute Gasteiger partial charge is 0.417 e. The van der Waals surface area contributed by atoms with Gasteiger partial charge in [0, 0.05) is 17.6 Å². The molecule has 0 aromatic rings. The number of allylic oxidation sites excluding steroid dienone is 1. The molecule has 0 saturated carbocycles. The minimum Gasteiger partial charge on any atom is -0.458 e. The molecule has 0 bridgehead atoms. The molecule has 1 saturated heterocycles. The Bertz CT molecular complexity index is 712. The predicted molar refractivity (Wildman–Crippen MR) is 86.9 cm³/mol. The van der Waals surface area contributed by atoms with Gasteiger partial charge >= 0.3 is 12.1 Å². The van der Waals surface area contributed by atoms with Crippen molar-refractivity contribution < 1.29 is 28.6 Å². The quantitative estimate of drug-likeness (QED) is 0.330. The van der Waals surface area contributed by atoms with E-state index in [1.165, 1.54) is 12.3 Å². The van der Waals surface area contributed by atoms with Crippen LogP contribution in [0.4, 0.5) is 4.79 Å². The lowest BCUT2D eigenvalue weighted by Gasteiger charge is -2.25. The second-order valence-electron chi connectivity index (χ2n) is 7.25. The third kappa shape index (κ3) is 3.31. The minimum absolute atomic E-state index is 0.179. The summed E-state index contributed by atoms with van der Waals surface area (Å²) < 4.78 is 15.8. The number of imide groups is 1. The van der Waals surface area contributed by atoms with Crippen molar-refractivity contribution >= 4 is 18.0 Å². The predicted octanol–water partition coefficient (Wildman–Crippen LogP) is 2.44. The number of ether oxygens (including phenoxy) is 3. The van der Waals surface area contributed by atoms with Gasteiger partial charge in [-0.15, -0.1) is 0 Å². The van der Waals surface area contributed by atoms with Crippen LogP contribution in [-0.4, -0.2) is 40.8 Å². The molecule has 3 rings (SSSR count). The second-order valence-corrected chi connectivity index (χ2v) is 7.25. The molecule has 1 fully saturated rings. The number of amides is 2. The third-order valence-corrected chi connectivity index (χ3v) is 4.15. The van der Waals surface area contributed by atoms with Gasteiger partial charge in [-0.05, 0) is 34.1 Å². The van der Waals surface area contributed by atoms with E-state index in [0.717, 1.165) is 4.90 Å². The first kappa shape index (κ1) is 17.3. The van der Waals surface area contributed by atoms with Gasteiger partial charge in [-0.25, -0.2) is 14.5 Å². The van der Waals surface area contributed by atoms with Crippen molar-refractivity contribution in [1.29, 1.82) is 0 Å². The Balaban J connectivity index is 1.77. The van der Waals surface area contributed by atoms with E-state index < -0.39 is 29.9 Å². The summed E-state index contributed by atoms with van der Waals surface area (Å²) in [6.45, 7) is 6.86. The maximum absolute atomic E-state index is 12.7. The van der Waals surface area contributed by atoms with E-state index in [4.69, 9.17) is 14.2 Å². The van der Waals surface area contributed by atoms with Crippen molar-refractivity contribution in [1.82, 2.24) is 4.90 Å². The third-order valence-electron chi connectivity index (χ3n) is 4.15. The van der Waals surface area contributed by atoms with Gasteiger partial charge in [0.15, 0.2) is 0 Å². The molecule has 0 aromatic heterocycles. The molecule has 0 spiro atoms. The molecule has 3 atom stereocenters. The summed E-state index contributed by atoms with van der Waals surface area (Å²) in [6, 6.07) is -0.374. The highest BCUT2D eigenvalue weighted by Gasteiger charge is 2.49. The van der Waals surface area contributed by atoms with Gasteiger partial charge in [-0.3, -0.25) is 4.79 Å². The van der Waals surface area contributed by atoms with Crippen molar-refractivity contribution in [3.8, 4) is 0 Å². The molecule has 7 heteroatoms. The summed E-state index contributed by atoms with van der Waals surface area (Å²) in [5.41, 5.74) is 0.130. The number of nitrogens with zero attached hydrogens (tertiary/aromatic N) is 1. The molecule has 25 heavy (non-hydrogen) atoms. The lowest BCUT2D eigenvalue weighted by Crippen LogP contribution is -2.42. The van der Waals surface area contributed by atoms with Gasteiger partial charge in [0.25, 0.3) is 12.2 Å². The van der Waals surface area contributed by atoms with Gasteiger partial charge in [0.05, 0.1) is 17.9 Å². The van der Waals surface area contributed by atoms with Crippen molar-refractivity contribution in [2.75, 3.05) is 0 Å². The molecule has 0 aromatic carbocycles. The molecule has 7 nitrogen and oxygen atoms in total. The minimum atomic E-state index is -0.851. The summed E-state index contributed by atoms with van der Waals surface area (Å²) >= 11 is 0. The topological polar surface area (TPSA) is 82.1 Å². The van der Waals surface area contributed by atoms with Crippen LogP contribution in [0.1, 0.15) is 34.1 Å². The normalized spacial score (nSPS) is 29.8. The molecule has 3 aliphatic rings. The summed E-state index contributed by atoms with van der Waals surface area (Å²) in [5, 5.41) is 0. The highest BCUT2D eigenvalue weighted by molar-refractivity contribution is 6.06. The van der Waals surface area contributed by atoms with Gasteiger partial charge in [-0.2, -0.15) is 0 Å². The first-order valence-corrected chi connectivity index (χ1v) is 8.15. The summed E-state index contributed by atoms with van der Waals surface area (Å²) in [4.78, 5) is 37.6. The molecule has 1 aliphatic carbocycles. The number of rotatable bonds is 2. The number of esters is 1. The first-order valence-electron chi connectivity index (χ1n) is 8.15. The monoisotopic (exact) mass is 347 g/mol. The van der Waals surface area contributed by atoms with Crippen molar-refractivity contribution in [2.24, 2.45) is 5.92 Å². The van der Waals surface area contributed by atoms with Crippen LogP contribution in [-0.2, 0) is 23.8 Å². The van der Waals surface area contributed by atoms with Gasteiger partial charge in [0.2, 0.25) is 0 Å². The number of hydrogen-bond donors (Lipinski definition) is 0. The fraction of sp³-hybridized carbons (Fsp3) is 0.500. The summed E-state index contributed by atoms with van der Waals surface area (Å²) in [7, 11) is 0. The average Bonchev–Trinajstić information content (AvgIpc) is 3.11. The van der Waals surface area contributed by atoms with Crippen LogP contribution in [0.5, 0.6) is 0 Å². The number of cyclic esters (lactones) is 1. The van der Waals surface area contributed by atoms with Crippen molar-refractivity contribution in [2.45, 2.75) is 52.0 Å². The molecule has 2 aliphatic heterocycles. The largest absolute Gasteiger partial charge is 0.458 e. The fourth-order valence-corrected chi connectivity index (χ4v) is 3.01. The van der Waals surface area contributed by atoms with Gasteiger partial charge in [-0.1, -0.05) is 12.2 Å². The van der Waals surface area contributed by atoms with E-state index >= 15 is 0 Å². The first-order chi connectivity index (χ1) is 11.7. The molecule has 0 N–H and O–H groups in total. The standard InChI is InChI=1S/C18H21NO6/c1-10-8-14(24-16(10)21)23-9-12-11-6-5-7-13(11)19(15(12)20)17(22)25-18(2,3)4/h5,7-9,11,13-14H,6H2,1-4H3. The van der Waals surface area contributed by atoms with Crippen LogP contribution in [0.3, 0.4) is 0 Å². The Morgan fingerprint density at radius 3 is 2.68 bits per heavy atom. The number of carbonyl (C=O) groups is 3. The summed E-state index contributed by atoms with van der Waals surface area (Å²) in [6.07, 6.45) is 5.69. The number of hydrogen-bond acceptors (Lipinski definition) is 6. The molecule has 2 amide bonds. The maximum atomic E-state index is 12.7. The average molecular weight is 347 g/mol. The van der Waals surface area contributed by atoms with E-state index in [1.807, 2.05) is 12.2 Å². The number of carbonyl (C=O) groups excluding carboxylic acids is 3. The lowest BCUT2D eigenvalue weighted by molar-refractivity contribution is -0.152. The van der Waals surface area contributed by atoms with E-state index in [1.54, 1.807) is 27.7 Å². The van der Waals surface area contributed by atoms with E-state index in [9.17, 15) is 14.4 Å². The molecule has 3 unspecified atom stereocenters.